The molecule has 1 fully saturated rings. The van der Waals surface area contributed by atoms with Crippen molar-refractivity contribution in [1.29, 1.82) is 0 Å². The lowest BCUT2D eigenvalue weighted by Gasteiger charge is -2.19. The summed E-state index contributed by atoms with van der Waals surface area (Å²) < 4.78 is 38.3. The Balaban J connectivity index is 1.65. The monoisotopic (exact) mass is 383 g/mol. The van der Waals surface area contributed by atoms with Gasteiger partial charge in [-0.15, -0.1) is 0 Å². The number of carbonyl (C=O) groups is 1. The van der Waals surface area contributed by atoms with Crippen molar-refractivity contribution in [2.75, 3.05) is 6.54 Å². The Hall–Kier alpha value is -2.09. The second-order valence-electron chi connectivity index (χ2n) is 6.08. The molecule has 26 heavy (non-hydrogen) atoms. The number of hydrogen-bond donors (Lipinski definition) is 3. The van der Waals surface area contributed by atoms with Crippen molar-refractivity contribution in [1.82, 2.24) is 16.2 Å². The molecule has 0 spiro atoms. The van der Waals surface area contributed by atoms with Crippen LogP contribution in [0, 0.1) is 5.92 Å². The second kappa shape index (κ2) is 7.65. The Morgan fingerprint density at radius 1 is 1.19 bits per heavy atom. The van der Waals surface area contributed by atoms with Crippen molar-refractivity contribution in [2.45, 2.75) is 18.8 Å². The fourth-order valence-corrected chi connectivity index (χ4v) is 3.03. The number of nitrogens with one attached hydrogen (secondary N) is 3. The molecule has 3 rings (SSSR count). The smallest absolute Gasteiger partial charge is 0.352 e. The van der Waals surface area contributed by atoms with Crippen LogP contribution in [0.5, 0.6) is 0 Å². The summed E-state index contributed by atoms with van der Waals surface area (Å²) in [4.78, 5) is 12.5. The predicted molar refractivity (Wildman–Crippen MR) is 92.1 cm³/mol. The summed E-state index contributed by atoms with van der Waals surface area (Å²) in [5, 5.41) is 3.32. The largest absolute Gasteiger partial charge is 0.416 e. The quantitative estimate of drug-likeness (QED) is 0.758. The van der Waals surface area contributed by atoms with Gasteiger partial charge in [0.2, 0.25) is 5.91 Å². The van der Waals surface area contributed by atoms with Crippen LogP contribution in [0.4, 0.5) is 13.2 Å². The number of halogens is 4. The zero-order chi connectivity index (χ0) is 18.7. The van der Waals surface area contributed by atoms with Crippen molar-refractivity contribution in [3.05, 3.63) is 70.2 Å². The van der Waals surface area contributed by atoms with Crippen molar-refractivity contribution in [3.8, 4) is 0 Å². The van der Waals surface area contributed by atoms with Gasteiger partial charge in [-0.05, 0) is 35.4 Å². The molecular formula is C18H17ClF3N3O. The highest BCUT2D eigenvalue weighted by Gasteiger charge is 2.34. The van der Waals surface area contributed by atoms with Crippen LogP contribution in [0.3, 0.4) is 0 Å². The van der Waals surface area contributed by atoms with E-state index in [4.69, 9.17) is 11.6 Å². The van der Waals surface area contributed by atoms with Crippen LogP contribution >= 0.6 is 11.6 Å². The molecule has 2 unspecified atom stereocenters. The van der Waals surface area contributed by atoms with Gasteiger partial charge in [-0.25, -0.2) is 5.43 Å². The molecule has 0 bridgehead atoms. The maximum Gasteiger partial charge on any atom is 0.416 e. The Kier molecular flexibility index (Phi) is 5.50. The van der Waals surface area contributed by atoms with Crippen molar-refractivity contribution in [3.63, 3.8) is 0 Å². The maximum absolute atomic E-state index is 12.8. The van der Waals surface area contributed by atoms with E-state index < -0.39 is 11.7 Å². The third-order valence-electron chi connectivity index (χ3n) is 4.27. The van der Waals surface area contributed by atoms with Gasteiger partial charge in [0.25, 0.3) is 0 Å². The van der Waals surface area contributed by atoms with Crippen LogP contribution in [0.2, 0.25) is 5.02 Å². The fraction of sp³-hybridized carbons (Fsp3) is 0.278. The molecule has 138 valence electrons. The van der Waals surface area contributed by atoms with E-state index in [1.807, 2.05) is 12.1 Å². The van der Waals surface area contributed by atoms with Crippen LogP contribution < -0.4 is 16.2 Å². The first-order valence-corrected chi connectivity index (χ1v) is 8.40. The summed E-state index contributed by atoms with van der Waals surface area (Å²) in [6, 6.07) is 11.9. The number of rotatable bonds is 4. The summed E-state index contributed by atoms with van der Waals surface area (Å²) in [6.07, 6.45) is -4.40. The summed E-state index contributed by atoms with van der Waals surface area (Å²) in [5.41, 5.74) is 6.57. The van der Waals surface area contributed by atoms with Gasteiger partial charge in [-0.1, -0.05) is 35.9 Å². The minimum absolute atomic E-state index is 0.0343. The normalized spacial score (nSPS) is 20.2. The SMILES string of the molecule is O=C(NCc1cccc(C(F)(F)F)c1)C1CNNC1c1ccc(Cl)cc1. The standard InChI is InChI=1S/C18H17ClF3N3O/c19-14-6-4-12(5-7-14)16-15(10-24-25-16)17(26)23-9-11-2-1-3-13(8-11)18(20,21)22/h1-8,15-16,24-25H,9-10H2,(H,23,26). The maximum atomic E-state index is 12.8. The lowest BCUT2D eigenvalue weighted by molar-refractivity contribution is -0.137. The van der Waals surface area contributed by atoms with Crippen molar-refractivity contribution < 1.29 is 18.0 Å². The number of carbonyl (C=O) groups excluding carboxylic acids is 1. The van der Waals surface area contributed by atoms with E-state index in [0.29, 0.717) is 17.1 Å². The molecule has 0 radical (unpaired) electrons. The zero-order valence-corrected chi connectivity index (χ0v) is 14.4. The van der Waals surface area contributed by atoms with Crippen molar-refractivity contribution in [2.24, 2.45) is 5.92 Å². The number of hydrogen-bond acceptors (Lipinski definition) is 3. The number of alkyl halides is 3. The minimum Gasteiger partial charge on any atom is -0.352 e. The Bertz CT molecular complexity index is 780. The molecule has 1 aliphatic heterocycles. The Morgan fingerprint density at radius 3 is 2.62 bits per heavy atom. The predicted octanol–water partition coefficient (Wildman–Crippen LogP) is 3.44. The summed E-state index contributed by atoms with van der Waals surface area (Å²) in [5.74, 6) is -0.623. The van der Waals surface area contributed by atoms with Gasteiger partial charge in [0.15, 0.2) is 0 Å². The molecule has 1 amide bonds. The lowest BCUT2D eigenvalue weighted by Crippen LogP contribution is -2.34. The molecule has 1 aliphatic rings. The van der Waals surface area contributed by atoms with Crippen LogP contribution in [0.25, 0.3) is 0 Å². The zero-order valence-electron chi connectivity index (χ0n) is 13.6. The van der Waals surface area contributed by atoms with Gasteiger partial charge in [0, 0.05) is 18.1 Å². The van der Waals surface area contributed by atoms with Gasteiger partial charge in [0.1, 0.15) is 0 Å². The molecule has 2 aromatic rings. The van der Waals surface area contributed by atoms with Crippen molar-refractivity contribution >= 4 is 17.5 Å². The van der Waals surface area contributed by atoms with Crippen LogP contribution in [-0.2, 0) is 17.5 Å². The highest BCUT2D eigenvalue weighted by atomic mass is 35.5. The molecule has 0 saturated carbocycles. The van der Waals surface area contributed by atoms with E-state index in [9.17, 15) is 18.0 Å². The average molecular weight is 384 g/mol. The van der Waals surface area contributed by atoms with Gasteiger partial charge >= 0.3 is 6.18 Å². The average Bonchev–Trinajstić information content (AvgIpc) is 3.09. The molecule has 1 saturated heterocycles. The van der Waals surface area contributed by atoms with Gasteiger partial charge in [0.05, 0.1) is 17.5 Å². The van der Waals surface area contributed by atoms with E-state index >= 15 is 0 Å². The molecule has 8 heteroatoms. The van der Waals surface area contributed by atoms with E-state index in [2.05, 4.69) is 16.2 Å². The van der Waals surface area contributed by atoms with Crippen LogP contribution in [0.1, 0.15) is 22.7 Å². The lowest BCUT2D eigenvalue weighted by atomic mass is 9.94. The Labute approximate surface area is 153 Å². The number of amides is 1. The third kappa shape index (κ3) is 4.35. The molecule has 2 aromatic carbocycles. The summed E-state index contributed by atoms with van der Waals surface area (Å²) >= 11 is 5.88. The van der Waals surface area contributed by atoms with Crippen LogP contribution in [-0.4, -0.2) is 12.5 Å². The molecular weight excluding hydrogens is 367 g/mol. The molecule has 1 heterocycles. The second-order valence-corrected chi connectivity index (χ2v) is 6.51. The molecule has 3 N–H and O–H groups in total. The highest BCUT2D eigenvalue weighted by molar-refractivity contribution is 6.30. The topological polar surface area (TPSA) is 53.2 Å². The first-order chi connectivity index (χ1) is 12.3. The van der Waals surface area contributed by atoms with Crippen LogP contribution in [0.15, 0.2) is 48.5 Å². The molecule has 0 aromatic heterocycles. The summed E-state index contributed by atoms with van der Waals surface area (Å²) in [7, 11) is 0. The fourth-order valence-electron chi connectivity index (χ4n) is 2.91. The van der Waals surface area contributed by atoms with E-state index in [1.165, 1.54) is 6.07 Å². The summed E-state index contributed by atoms with van der Waals surface area (Å²) in [6.45, 7) is 0.453. The Morgan fingerprint density at radius 2 is 1.92 bits per heavy atom. The van der Waals surface area contributed by atoms with Gasteiger partial charge in [-0.3, -0.25) is 10.2 Å². The van der Waals surface area contributed by atoms with E-state index in [1.54, 1.807) is 18.2 Å². The first kappa shape index (κ1) is 18.7. The van der Waals surface area contributed by atoms with Gasteiger partial charge in [-0.2, -0.15) is 13.2 Å². The number of benzene rings is 2. The van der Waals surface area contributed by atoms with E-state index in [-0.39, 0.29) is 24.4 Å². The third-order valence-corrected chi connectivity index (χ3v) is 4.52. The molecule has 4 nitrogen and oxygen atoms in total. The van der Waals surface area contributed by atoms with Gasteiger partial charge < -0.3 is 5.32 Å². The minimum atomic E-state index is -4.40. The first-order valence-electron chi connectivity index (χ1n) is 8.02. The number of hydrazine groups is 1. The molecule has 2 atom stereocenters. The highest BCUT2D eigenvalue weighted by Crippen LogP contribution is 2.30. The molecule has 0 aliphatic carbocycles. The van der Waals surface area contributed by atoms with E-state index in [0.717, 1.165) is 17.7 Å².